The van der Waals surface area contributed by atoms with Gasteiger partial charge in [-0.25, -0.2) is 0 Å². The monoisotopic (exact) mass is 403 g/mol. The molecule has 5 heteroatoms. The highest BCUT2D eigenvalue weighted by Gasteiger charge is 2.13. The maximum Gasteiger partial charge on any atom is 0.259 e. The molecule has 1 amide bonds. The van der Waals surface area contributed by atoms with E-state index < -0.39 is 0 Å². The molecular formula is C25H29N3O2. The van der Waals surface area contributed by atoms with Crippen LogP contribution in [0.1, 0.15) is 28.9 Å². The Morgan fingerprint density at radius 3 is 2.23 bits per heavy atom. The number of para-hydroxylation sites is 1. The molecule has 0 radical (unpaired) electrons. The number of hydrogen-bond acceptors (Lipinski definition) is 4. The number of ether oxygens (including phenoxy) is 1. The third-order valence-corrected chi connectivity index (χ3v) is 4.75. The minimum Gasteiger partial charge on any atom is -0.491 e. The first-order chi connectivity index (χ1) is 14.5. The van der Waals surface area contributed by atoms with Crippen molar-refractivity contribution >= 4 is 17.3 Å². The molecule has 0 aromatic heterocycles. The molecule has 2 N–H and O–H groups in total. The second-order valence-electron chi connectivity index (χ2n) is 7.46. The molecule has 3 aromatic carbocycles. The topological polar surface area (TPSA) is 53.6 Å². The van der Waals surface area contributed by atoms with E-state index in [4.69, 9.17) is 4.74 Å². The lowest BCUT2D eigenvalue weighted by Crippen LogP contribution is -2.20. The zero-order valence-electron chi connectivity index (χ0n) is 17.8. The predicted octanol–water partition coefficient (Wildman–Crippen LogP) is 5.05. The number of nitrogens with one attached hydrogen (secondary N) is 2. The van der Waals surface area contributed by atoms with Crippen molar-refractivity contribution in [2.75, 3.05) is 37.9 Å². The van der Waals surface area contributed by atoms with Gasteiger partial charge < -0.3 is 20.3 Å². The van der Waals surface area contributed by atoms with Crippen molar-refractivity contribution in [3.05, 3.63) is 90.0 Å². The standard InChI is InChI=1S/C25H29N3O2/c1-19(20-9-5-4-6-10-20)26-21-13-15-22(16-14-21)27-25(29)23-11-7-8-12-24(23)30-18-17-28(2)3/h4-16,19,26H,17-18H2,1-3H3,(H,27,29). The van der Waals surface area contributed by atoms with E-state index in [0.717, 1.165) is 17.9 Å². The molecule has 156 valence electrons. The van der Waals surface area contributed by atoms with E-state index in [1.807, 2.05) is 79.7 Å². The van der Waals surface area contributed by atoms with Gasteiger partial charge in [0.15, 0.2) is 0 Å². The smallest absolute Gasteiger partial charge is 0.259 e. The summed E-state index contributed by atoms with van der Waals surface area (Å²) >= 11 is 0. The molecule has 0 bridgehead atoms. The molecule has 0 aliphatic carbocycles. The summed E-state index contributed by atoms with van der Waals surface area (Å²) in [6.45, 7) is 3.43. The zero-order chi connectivity index (χ0) is 21.3. The summed E-state index contributed by atoms with van der Waals surface area (Å²) in [6.07, 6.45) is 0. The average molecular weight is 404 g/mol. The van der Waals surface area contributed by atoms with Crippen molar-refractivity contribution in [2.45, 2.75) is 13.0 Å². The first-order valence-corrected chi connectivity index (χ1v) is 10.1. The second-order valence-corrected chi connectivity index (χ2v) is 7.46. The number of benzene rings is 3. The van der Waals surface area contributed by atoms with Crippen LogP contribution in [0.5, 0.6) is 5.75 Å². The number of amides is 1. The van der Waals surface area contributed by atoms with E-state index in [-0.39, 0.29) is 11.9 Å². The number of nitrogens with zero attached hydrogens (tertiary/aromatic N) is 1. The maximum atomic E-state index is 12.8. The Morgan fingerprint density at radius 2 is 1.53 bits per heavy atom. The summed E-state index contributed by atoms with van der Waals surface area (Å²) in [6, 6.07) is 25.5. The number of carbonyl (C=O) groups excluding carboxylic acids is 1. The lowest BCUT2D eigenvalue weighted by Gasteiger charge is -2.16. The summed E-state index contributed by atoms with van der Waals surface area (Å²) in [5, 5.41) is 6.43. The highest BCUT2D eigenvalue weighted by atomic mass is 16.5. The van der Waals surface area contributed by atoms with Gasteiger partial charge in [0.1, 0.15) is 12.4 Å². The highest BCUT2D eigenvalue weighted by Crippen LogP contribution is 2.23. The molecule has 0 spiro atoms. The van der Waals surface area contributed by atoms with Gasteiger partial charge in [0.05, 0.1) is 5.56 Å². The molecule has 0 heterocycles. The first kappa shape index (κ1) is 21.4. The predicted molar refractivity (Wildman–Crippen MR) is 123 cm³/mol. The summed E-state index contributed by atoms with van der Waals surface area (Å²) in [7, 11) is 3.97. The van der Waals surface area contributed by atoms with Crippen LogP contribution < -0.4 is 15.4 Å². The molecule has 0 aliphatic heterocycles. The molecule has 3 rings (SSSR count). The molecule has 1 atom stereocenters. The van der Waals surface area contributed by atoms with Crippen molar-refractivity contribution < 1.29 is 9.53 Å². The molecule has 0 fully saturated rings. The molecule has 0 saturated carbocycles. The van der Waals surface area contributed by atoms with Crippen LogP contribution in [0.25, 0.3) is 0 Å². The van der Waals surface area contributed by atoms with Gasteiger partial charge in [-0.2, -0.15) is 0 Å². The minimum absolute atomic E-state index is 0.186. The summed E-state index contributed by atoms with van der Waals surface area (Å²) in [4.78, 5) is 14.8. The first-order valence-electron chi connectivity index (χ1n) is 10.1. The third kappa shape index (κ3) is 6.09. The number of anilines is 2. The molecule has 0 aliphatic rings. The molecular weight excluding hydrogens is 374 g/mol. The van der Waals surface area contributed by atoms with Gasteiger partial charge in [0.25, 0.3) is 5.91 Å². The SMILES string of the molecule is CC(Nc1ccc(NC(=O)c2ccccc2OCCN(C)C)cc1)c1ccccc1. The van der Waals surface area contributed by atoms with Crippen LogP contribution in [0.2, 0.25) is 0 Å². The van der Waals surface area contributed by atoms with Crippen LogP contribution in [0.3, 0.4) is 0 Å². The second kappa shape index (κ2) is 10.5. The van der Waals surface area contributed by atoms with Gasteiger partial charge in [0, 0.05) is 24.0 Å². The number of likely N-dealkylation sites (N-methyl/N-ethyl adjacent to an activating group) is 1. The normalized spacial score (nSPS) is 11.7. The fourth-order valence-corrected chi connectivity index (χ4v) is 3.04. The summed E-state index contributed by atoms with van der Waals surface area (Å²) in [5.74, 6) is 0.403. The fraction of sp³-hybridized carbons (Fsp3) is 0.240. The largest absolute Gasteiger partial charge is 0.491 e. The van der Waals surface area contributed by atoms with Crippen molar-refractivity contribution in [1.29, 1.82) is 0 Å². The van der Waals surface area contributed by atoms with Crippen LogP contribution in [-0.2, 0) is 0 Å². The average Bonchev–Trinajstić information content (AvgIpc) is 2.76. The molecule has 5 nitrogen and oxygen atoms in total. The lowest BCUT2D eigenvalue weighted by atomic mass is 10.1. The summed E-state index contributed by atoms with van der Waals surface area (Å²) < 4.78 is 5.80. The molecule has 0 saturated heterocycles. The highest BCUT2D eigenvalue weighted by molar-refractivity contribution is 6.06. The van der Waals surface area contributed by atoms with E-state index in [1.54, 1.807) is 6.07 Å². The van der Waals surface area contributed by atoms with Crippen molar-refractivity contribution in [3.8, 4) is 5.75 Å². The Kier molecular flexibility index (Phi) is 7.46. The van der Waals surface area contributed by atoms with E-state index >= 15 is 0 Å². The summed E-state index contributed by atoms with van der Waals surface area (Å²) in [5.41, 5.74) is 3.48. The molecule has 3 aromatic rings. The zero-order valence-corrected chi connectivity index (χ0v) is 17.8. The number of carbonyl (C=O) groups is 1. The Labute approximate surface area is 178 Å². The van der Waals surface area contributed by atoms with Crippen molar-refractivity contribution in [2.24, 2.45) is 0 Å². The van der Waals surface area contributed by atoms with Gasteiger partial charge in [-0.3, -0.25) is 4.79 Å². The van der Waals surface area contributed by atoms with Crippen LogP contribution in [0.4, 0.5) is 11.4 Å². The number of hydrogen-bond donors (Lipinski definition) is 2. The number of rotatable bonds is 9. The van der Waals surface area contributed by atoms with E-state index in [9.17, 15) is 4.79 Å². The van der Waals surface area contributed by atoms with Gasteiger partial charge in [-0.15, -0.1) is 0 Å². The van der Waals surface area contributed by atoms with E-state index in [2.05, 4.69) is 29.7 Å². The van der Waals surface area contributed by atoms with Crippen molar-refractivity contribution in [1.82, 2.24) is 4.90 Å². The van der Waals surface area contributed by atoms with Gasteiger partial charge in [-0.05, 0) is 63.0 Å². The van der Waals surface area contributed by atoms with Gasteiger partial charge in [-0.1, -0.05) is 42.5 Å². The quantitative estimate of drug-likeness (QED) is 0.525. The third-order valence-electron chi connectivity index (χ3n) is 4.75. The van der Waals surface area contributed by atoms with Crippen molar-refractivity contribution in [3.63, 3.8) is 0 Å². The van der Waals surface area contributed by atoms with Crippen LogP contribution in [0.15, 0.2) is 78.9 Å². The van der Waals surface area contributed by atoms with E-state index in [1.165, 1.54) is 5.56 Å². The minimum atomic E-state index is -0.186. The van der Waals surface area contributed by atoms with Gasteiger partial charge >= 0.3 is 0 Å². The Bertz CT molecular complexity index is 940. The van der Waals surface area contributed by atoms with E-state index in [0.29, 0.717) is 17.9 Å². The van der Waals surface area contributed by atoms with Crippen LogP contribution in [-0.4, -0.2) is 38.1 Å². The van der Waals surface area contributed by atoms with Crippen LogP contribution >= 0.6 is 0 Å². The fourth-order valence-electron chi connectivity index (χ4n) is 3.04. The molecule has 1 unspecified atom stereocenters. The Morgan fingerprint density at radius 1 is 0.900 bits per heavy atom. The maximum absolute atomic E-state index is 12.8. The molecule has 30 heavy (non-hydrogen) atoms. The Hall–Kier alpha value is -3.31. The van der Waals surface area contributed by atoms with Gasteiger partial charge in [0.2, 0.25) is 0 Å². The Balaban J connectivity index is 1.61. The lowest BCUT2D eigenvalue weighted by molar-refractivity contribution is 0.102. The van der Waals surface area contributed by atoms with Crippen LogP contribution in [0, 0.1) is 0 Å².